The number of hydrogen-bond donors (Lipinski definition) is 0. The van der Waals surface area contributed by atoms with E-state index in [1.165, 1.54) is 0 Å². The van der Waals surface area contributed by atoms with Crippen LogP contribution in [0, 0.1) is 58.2 Å². The number of carbonyl (C=O) groups is 2. The number of benzene rings is 2. The van der Waals surface area contributed by atoms with Gasteiger partial charge in [0.05, 0.1) is 22.5 Å². The molecule has 0 spiro atoms. The van der Waals surface area contributed by atoms with Crippen LogP contribution in [0.2, 0.25) is 0 Å². The first-order chi connectivity index (χ1) is 18.8. The molecule has 2 aromatic carbocycles. The van der Waals surface area contributed by atoms with Gasteiger partial charge in [-0.2, -0.15) is 17.6 Å². The van der Waals surface area contributed by atoms with Crippen molar-refractivity contribution in [2.24, 2.45) is 0 Å². The third-order valence-electron chi connectivity index (χ3n) is 4.98. The van der Waals surface area contributed by atoms with Crippen molar-refractivity contribution in [1.82, 2.24) is 9.97 Å². The van der Waals surface area contributed by atoms with Crippen LogP contribution >= 0.6 is 0 Å². The normalized spacial score (nSPS) is 10.9. The molecule has 0 saturated heterocycles. The third-order valence-corrected chi connectivity index (χ3v) is 4.98. The van der Waals surface area contributed by atoms with Crippen molar-refractivity contribution in [2.75, 3.05) is 0 Å². The molecule has 0 atom stereocenters. The standard InChI is InChI=1S/C24H6F10N2O4/c25-11-13(27)17(31)21(18(32)14(11)28)39-23(37)7-1-3-35-9(5-7)10-6-8(2-4-36-10)24(38)40-22-19(33)15(29)12(26)16(30)20(22)34/h1-6H. The van der Waals surface area contributed by atoms with Crippen LogP contribution in [-0.4, -0.2) is 21.9 Å². The van der Waals surface area contributed by atoms with Crippen molar-refractivity contribution < 1.29 is 63.0 Å². The quantitative estimate of drug-likeness (QED) is 0.0958. The highest BCUT2D eigenvalue weighted by molar-refractivity contribution is 5.93. The number of nitrogens with zero attached hydrogens (tertiary/aromatic N) is 2. The average Bonchev–Trinajstić information content (AvgIpc) is 2.97. The highest BCUT2D eigenvalue weighted by Crippen LogP contribution is 2.31. The molecule has 4 aromatic rings. The maximum absolute atomic E-state index is 13.8. The van der Waals surface area contributed by atoms with E-state index in [4.69, 9.17) is 0 Å². The molecule has 0 unspecified atom stereocenters. The lowest BCUT2D eigenvalue weighted by molar-refractivity contribution is 0.0707. The van der Waals surface area contributed by atoms with Crippen LogP contribution in [0.3, 0.4) is 0 Å². The first-order valence-corrected chi connectivity index (χ1v) is 10.2. The second-order valence-corrected chi connectivity index (χ2v) is 7.44. The number of ether oxygens (including phenoxy) is 2. The summed E-state index contributed by atoms with van der Waals surface area (Å²) < 4.78 is 144. The number of rotatable bonds is 5. The minimum Gasteiger partial charge on any atom is -0.416 e. The van der Waals surface area contributed by atoms with Gasteiger partial charge in [-0.05, 0) is 24.3 Å². The predicted octanol–water partition coefficient (Wildman–Crippen LogP) is 5.97. The Labute approximate surface area is 214 Å². The molecule has 206 valence electrons. The molecular weight excluding hydrogens is 570 g/mol. The lowest BCUT2D eigenvalue weighted by atomic mass is 10.1. The van der Waals surface area contributed by atoms with Gasteiger partial charge in [-0.3, -0.25) is 9.97 Å². The second kappa shape index (κ2) is 10.6. The van der Waals surface area contributed by atoms with Gasteiger partial charge in [0.2, 0.25) is 69.7 Å². The molecule has 0 saturated carbocycles. The van der Waals surface area contributed by atoms with Crippen molar-refractivity contribution in [3.05, 3.63) is 106 Å². The fraction of sp³-hybridized carbons (Fsp3) is 0. The van der Waals surface area contributed by atoms with Crippen molar-refractivity contribution in [3.8, 4) is 22.9 Å². The third kappa shape index (κ3) is 4.90. The molecule has 16 heteroatoms. The Morgan fingerprint density at radius 3 is 1.05 bits per heavy atom. The van der Waals surface area contributed by atoms with E-state index in [2.05, 4.69) is 19.4 Å². The Hall–Kier alpha value is -5.02. The van der Waals surface area contributed by atoms with Crippen LogP contribution in [0.15, 0.2) is 36.7 Å². The highest BCUT2D eigenvalue weighted by Gasteiger charge is 2.30. The van der Waals surface area contributed by atoms with Crippen LogP contribution in [0.1, 0.15) is 20.7 Å². The van der Waals surface area contributed by atoms with E-state index >= 15 is 0 Å². The maximum Gasteiger partial charge on any atom is 0.343 e. The minimum absolute atomic E-state index is 0.266. The molecule has 4 rings (SSSR count). The monoisotopic (exact) mass is 576 g/mol. The molecule has 2 heterocycles. The number of aromatic nitrogens is 2. The maximum atomic E-state index is 13.8. The van der Waals surface area contributed by atoms with E-state index in [-0.39, 0.29) is 11.4 Å². The van der Waals surface area contributed by atoms with E-state index in [0.29, 0.717) is 0 Å². The molecule has 0 radical (unpaired) electrons. The number of carbonyl (C=O) groups excluding carboxylic acids is 2. The van der Waals surface area contributed by atoms with Gasteiger partial charge < -0.3 is 9.47 Å². The Morgan fingerprint density at radius 1 is 0.475 bits per heavy atom. The zero-order valence-corrected chi connectivity index (χ0v) is 18.8. The fourth-order valence-electron chi connectivity index (χ4n) is 3.05. The van der Waals surface area contributed by atoms with Gasteiger partial charge in [0, 0.05) is 12.4 Å². The van der Waals surface area contributed by atoms with Crippen molar-refractivity contribution >= 4 is 11.9 Å². The average molecular weight is 576 g/mol. The Morgan fingerprint density at radius 2 is 0.750 bits per heavy atom. The van der Waals surface area contributed by atoms with Gasteiger partial charge in [-0.1, -0.05) is 0 Å². The van der Waals surface area contributed by atoms with Crippen LogP contribution in [0.25, 0.3) is 11.4 Å². The zero-order valence-electron chi connectivity index (χ0n) is 18.8. The first kappa shape index (κ1) is 28.0. The second-order valence-electron chi connectivity index (χ2n) is 7.44. The van der Waals surface area contributed by atoms with Crippen molar-refractivity contribution in [3.63, 3.8) is 0 Å². The summed E-state index contributed by atoms with van der Waals surface area (Å²) in [5.41, 5.74) is -1.63. The number of hydrogen-bond acceptors (Lipinski definition) is 6. The molecule has 0 aliphatic rings. The number of halogens is 10. The molecule has 0 N–H and O–H groups in total. The highest BCUT2D eigenvalue weighted by atomic mass is 19.2. The summed E-state index contributed by atoms with van der Waals surface area (Å²) in [4.78, 5) is 32.3. The Bertz CT molecular complexity index is 1530. The molecule has 40 heavy (non-hydrogen) atoms. The molecule has 0 amide bonds. The molecule has 0 bridgehead atoms. The van der Waals surface area contributed by atoms with E-state index in [1.807, 2.05) is 0 Å². The number of pyridine rings is 2. The van der Waals surface area contributed by atoms with Gasteiger partial charge in [-0.15, -0.1) is 0 Å². The minimum atomic E-state index is -2.48. The summed E-state index contributed by atoms with van der Waals surface area (Å²) in [5, 5.41) is 0. The van der Waals surface area contributed by atoms with Crippen LogP contribution in [-0.2, 0) is 0 Å². The summed E-state index contributed by atoms with van der Waals surface area (Å²) >= 11 is 0. The van der Waals surface area contributed by atoms with Crippen LogP contribution in [0.4, 0.5) is 43.9 Å². The summed E-state index contributed by atoms with van der Waals surface area (Å²) in [5.74, 6) is -31.0. The summed E-state index contributed by atoms with van der Waals surface area (Å²) in [6.45, 7) is 0. The summed E-state index contributed by atoms with van der Waals surface area (Å²) in [7, 11) is 0. The Kier molecular flexibility index (Phi) is 7.44. The Balaban J connectivity index is 1.62. The van der Waals surface area contributed by atoms with Gasteiger partial charge in [-0.25, -0.2) is 35.9 Å². The molecule has 2 aromatic heterocycles. The molecule has 6 nitrogen and oxygen atoms in total. The van der Waals surface area contributed by atoms with E-state index in [1.54, 1.807) is 0 Å². The van der Waals surface area contributed by atoms with Gasteiger partial charge in [0.15, 0.2) is 0 Å². The predicted molar refractivity (Wildman–Crippen MR) is 110 cm³/mol. The lowest BCUT2D eigenvalue weighted by Gasteiger charge is -2.10. The molecule has 0 fully saturated rings. The lowest BCUT2D eigenvalue weighted by Crippen LogP contribution is -2.14. The van der Waals surface area contributed by atoms with E-state index in [0.717, 1.165) is 36.7 Å². The largest absolute Gasteiger partial charge is 0.416 e. The molecule has 0 aliphatic carbocycles. The first-order valence-electron chi connectivity index (χ1n) is 10.2. The topological polar surface area (TPSA) is 78.4 Å². The van der Waals surface area contributed by atoms with Gasteiger partial charge in [0.25, 0.3) is 0 Å². The van der Waals surface area contributed by atoms with E-state index in [9.17, 15) is 53.5 Å². The molecule has 0 aliphatic heterocycles. The zero-order chi connectivity index (χ0) is 29.5. The van der Waals surface area contributed by atoms with Crippen molar-refractivity contribution in [2.45, 2.75) is 0 Å². The van der Waals surface area contributed by atoms with Crippen molar-refractivity contribution in [1.29, 1.82) is 0 Å². The SMILES string of the molecule is O=C(Oc1c(F)c(F)c(F)c(F)c1F)c1ccnc(-c2cc(C(=O)Oc3c(F)c(F)c(F)c(F)c3F)ccn2)c1. The van der Waals surface area contributed by atoms with E-state index < -0.39 is 92.7 Å². The van der Waals surface area contributed by atoms with Gasteiger partial charge >= 0.3 is 11.9 Å². The number of esters is 2. The fourth-order valence-corrected chi connectivity index (χ4v) is 3.05. The van der Waals surface area contributed by atoms with Crippen LogP contribution in [0.5, 0.6) is 11.5 Å². The van der Waals surface area contributed by atoms with Crippen LogP contribution < -0.4 is 9.47 Å². The smallest absolute Gasteiger partial charge is 0.343 e. The molecular formula is C24H6F10N2O4. The summed E-state index contributed by atoms with van der Waals surface area (Å²) in [6.07, 6.45) is 1.85. The summed E-state index contributed by atoms with van der Waals surface area (Å²) in [6, 6.07) is 3.55. The van der Waals surface area contributed by atoms with Gasteiger partial charge in [0.1, 0.15) is 0 Å².